The molecule has 8 aromatic carbocycles. The fourth-order valence-corrected chi connectivity index (χ4v) is 12.0. The van der Waals surface area contributed by atoms with E-state index in [1.165, 1.54) is 12.8 Å². The zero-order valence-corrected chi connectivity index (χ0v) is 63.1. The zero-order chi connectivity index (χ0) is 77.6. The minimum atomic E-state index is 0.0324. The molecule has 0 unspecified atom stereocenters. The summed E-state index contributed by atoms with van der Waals surface area (Å²) in [6.45, 7) is 5.90. The number of nitrogens with one attached hydrogen (secondary N) is 4. The molecule has 4 aromatic heterocycles. The molecule has 112 heavy (non-hydrogen) atoms. The molecule has 0 aliphatic heterocycles. The Hall–Kier alpha value is -13.0. The molecule has 0 saturated heterocycles. The standard InChI is InChI=1S/C48H56N10O4.C40H40N10/c59-35-31-57(32-36-60)47-17-13-41(14-18-47)49-39-5-9-43(10-6-39)51-53-45-21-27-55(28-22-45)25-3-1-2-4-26-56-29-23-46(24-30-56)54-52-44-11-7-40(8-12-44)50-42-15-19-48(20-16-42)58(33-37-61)34-38-62;41-31-5-9-33(10-6-31)43-35-13-17-37(18-14-35)45-47-39-21-27-49(28-22-39)25-3-1-2-4-26-50-29-23-40(24-30-50)48-46-38-19-15-36(16-20-38)44-34-11-7-32(42)8-12-34/h5-24,27-30,59-62H,1-4,25-26,31-38H2;5-24,27-30H,1-4,25-26H2,(H4,41,42,45,46)/p+4. The highest BCUT2D eigenvalue weighted by atomic mass is 16.3. The number of nitrogen functional groups attached to an aromatic ring is 2. The van der Waals surface area contributed by atoms with Crippen LogP contribution in [0.15, 0.2) is 333 Å². The van der Waals surface area contributed by atoms with E-state index in [2.05, 4.69) is 130 Å². The van der Waals surface area contributed by atoms with Crippen LogP contribution >= 0.6 is 0 Å². The van der Waals surface area contributed by atoms with Gasteiger partial charge >= 0.3 is 0 Å². The molecule has 0 aliphatic carbocycles. The van der Waals surface area contributed by atoms with Gasteiger partial charge in [0.25, 0.3) is 0 Å². The van der Waals surface area contributed by atoms with Crippen LogP contribution in [0.1, 0.15) is 51.4 Å². The fraction of sp³-hybridized carbons (Fsp3) is 0.227. The number of rotatable bonds is 40. The van der Waals surface area contributed by atoms with Crippen molar-refractivity contribution in [3.05, 3.63) is 292 Å². The first-order chi connectivity index (χ1) is 55.0. The molecular weight excluding hydrogens is 1400 g/mol. The molecule has 24 nitrogen and oxygen atoms in total. The molecule has 572 valence electrons. The molecule has 12 N–H and O–H groups in total. The molecule has 12 rings (SSSR count). The molecule has 0 fully saturated rings. The van der Waals surface area contributed by atoms with Gasteiger partial charge in [-0.1, -0.05) is 0 Å². The van der Waals surface area contributed by atoms with Crippen LogP contribution < -0.4 is 60.8 Å². The topological polar surface area (TPSA) is 302 Å². The Kier molecular flexibility index (Phi) is 31.3. The van der Waals surface area contributed by atoms with Gasteiger partial charge in [-0.25, -0.2) is 18.3 Å². The average Bonchev–Trinajstić information content (AvgIpc) is 0.852. The number of aromatic nitrogens is 4. The third-order valence-electron chi connectivity index (χ3n) is 18.2. The van der Waals surface area contributed by atoms with E-state index in [0.29, 0.717) is 26.2 Å². The third kappa shape index (κ3) is 27.3. The van der Waals surface area contributed by atoms with Crippen molar-refractivity contribution in [3.8, 4) is 0 Å². The minimum absolute atomic E-state index is 0.0324. The van der Waals surface area contributed by atoms with Gasteiger partial charge in [-0.15, -0.1) is 0 Å². The van der Waals surface area contributed by atoms with E-state index in [1.54, 1.807) is 0 Å². The lowest BCUT2D eigenvalue weighted by Crippen LogP contribution is -2.33. The summed E-state index contributed by atoms with van der Waals surface area (Å²) in [5, 5.41) is 85.9. The summed E-state index contributed by atoms with van der Waals surface area (Å²) >= 11 is 0. The second-order valence-corrected chi connectivity index (χ2v) is 26.7. The summed E-state index contributed by atoms with van der Waals surface area (Å²) in [5.41, 5.74) is 29.0. The lowest BCUT2D eigenvalue weighted by Gasteiger charge is -2.23. The summed E-state index contributed by atoms with van der Waals surface area (Å²) in [6, 6.07) is 78.3. The van der Waals surface area contributed by atoms with E-state index in [1.807, 2.05) is 252 Å². The van der Waals surface area contributed by atoms with E-state index >= 15 is 0 Å². The molecular formula is C88H100N20O4+4. The van der Waals surface area contributed by atoms with E-state index in [9.17, 15) is 20.4 Å². The molecule has 24 heteroatoms. The van der Waals surface area contributed by atoms with Crippen molar-refractivity contribution in [2.45, 2.75) is 77.5 Å². The molecule has 12 aromatic rings. The Morgan fingerprint density at radius 2 is 0.393 bits per heavy atom. The number of aliphatic hydroxyl groups excluding tert-OH is 4. The third-order valence-corrected chi connectivity index (χ3v) is 18.2. The molecule has 0 bridgehead atoms. The normalized spacial score (nSPS) is 11.3. The van der Waals surface area contributed by atoms with Gasteiger partial charge in [0.15, 0.2) is 49.6 Å². The summed E-state index contributed by atoms with van der Waals surface area (Å²) in [7, 11) is 0. The fourth-order valence-electron chi connectivity index (χ4n) is 12.0. The van der Waals surface area contributed by atoms with Gasteiger partial charge in [0.05, 0.1) is 71.9 Å². The summed E-state index contributed by atoms with van der Waals surface area (Å²) < 4.78 is 8.77. The van der Waals surface area contributed by atoms with Crippen LogP contribution in [0.3, 0.4) is 0 Å². The first kappa shape index (κ1) is 80.0. The number of nitrogens with two attached hydrogens (primary N) is 2. The maximum absolute atomic E-state index is 9.30. The van der Waals surface area contributed by atoms with Gasteiger partial charge < -0.3 is 63.0 Å². The van der Waals surface area contributed by atoms with Crippen molar-refractivity contribution < 1.29 is 38.7 Å². The van der Waals surface area contributed by atoms with Crippen molar-refractivity contribution in [1.29, 1.82) is 0 Å². The molecule has 4 heterocycles. The largest absolute Gasteiger partial charge is 0.399 e. The predicted octanol–water partition coefficient (Wildman–Crippen LogP) is 18.4. The molecule has 0 atom stereocenters. The average molecular weight is 1500 g/mol. The molecule has 0 saturated carbocycles. The second kappa shape index (κ2) is 43.9. The van der Waals surface area contributed by atoms with Crippen LogP contribution in [0, 0.1) is 0 Å². The SMILES string of the molecule is Nc1ccc(Nc2ccc(N=Nc3cc[n+](CCCCCC[n+]4ccc(N=Nc5ccc(Nc6ccc(N)cc6)cc5)cc4)cc3)cc2)cc1.OCCN(CCO)c1ccc(Nc2ccc(N=Nc3cc[n+](CCCCCC[n+]4ccc(N=Nc5ccc(Nc6ccc(N(CCO)CCO)cc6)cc5)cc4)cc3)cc2)cc1. The monoisotopic (exact) mass is 1500 g/mol. The van der Waals surface area contributed by atoms with E-state index in [0.717, 1.165) is 178 Å². The Bertz CT molecular complexity index is 4510. The molecule has 0 spiro atoms. The van der Waals surface area contributed by atoms with E-state index in [-0.39, 0.29) is 26.4 Å². The number of azo groups is 4. The van der Waals surface area contributed by atoms with Gasteiger partial charge in [-0.2, -0.15) is 40.9 Å². The number of aryl methyl sites for hydroxylation is 4. The van der Waals surface area contributed by atoms with E-state index in [4.69, 9.17) is 11.5 Å². The Morgan fingerprint density at radius 3 is 0.580 bits per heavy atom. The number of anilines is 12. The van der Waals surface area contributed by atoms with Crippen LogP contribution in [-0.4, -0.2) is 73.0 Å². The number of hydrogen-bond acceptors (Lipinski definition) is 20. The van der Waals surface area contributed by atoms with Gasteiger partial charge in [0.2, 0.25) is 0 Å². The lowest BCUT2D eigenvalue weighted by molar-refractivity contribution is -0.698. The van der Waals surface area contributed by atoms with Gasteiger partial charge in [-0.05, 0) is 220 Å². The number of pyridine rings is 4. The van der Waals surface area contributed by atoms with Crippen LogP contribution in [0.25, 0.3) is 0 Å². The smallest absolute Gasteiger partial charge is 0.171 e. The minimum Gasteiger partial charge on any atom is -0.399 e. The predicted molar refractivity (Wildman–Crippen MR) is 446 cm³/mol. The zero-order valence-electron chi connectivity index (χ0n) is 63.1. The first-order valence-electron chi connectivity index (χ1n) is 38.0. The number of hydrogen-bond donors (Lipinski definition) is 10. The maximum atomic E-state index is 9.30. The first-order valence-corrected chi connectivity index (χ1v) is 38.0. The quantitative estimate of drug-likeness (QED) is 0.00742. The highest BCUT2D eigenvalue weighted by molar-refractivity contribution is 5.68. The summed E-state index contributed by atoms with van der Waals surface area (Å²) in [5.74, 6) is 0. The van der Waals surface area contributed by atoms with Crippen molar-refractivity contribution in [2.24, 2.45) is 40.9 Å². The van der Waals surface area contributed by atoms with Crippen molar-refractivity contribution in [2.75, 3.05) is 95.1 Å². The van der Waals surface area contributed by atoms with Crippen LogP contribution in [-0.2, 0) is 26.2 Å². The summed E-state index contributed by atoms with van der Waals surface area (Å²) in [6.07, 6.45) is 25.6. The Balaban J connectivity index is 0.000000226. The van der Waals surface area contributed by atoms with Crippen LogP contribution in [0.5, 0.6) is 0 Å². The number of nitrogens with zero attached hydrogens (tertiary/aromatic N) is 14. The molecule has 0 aliphatic rings. The summed E-state index contributed by atoms with van der Waals surface area (Å²) in [4.78, 5) is 3.89. The maximum Gasteiger partial charge on any atom is 0.171 e. The number of unbranched alkanes of at least 4 members (excludes halogenated alkanes) is 6. The van der Waals surface area contributed by atoms with Crippen LogP contribution in [0.2, 0.25) is 0 Å². The number of benzene rings is 8. The Morgan fingerprint density at radius 1 is 0.223 bits per heavy atom. The highest BCUT2D eigenvalue weighted by Gasteiger charge is 2.11. The van der Waals surface area contributed by atoms with Gasteiger partial charge in [0.1, 0.15) is 26.2 Å². The lowest BCUT2D eigenvalue weighted by atomic mass is 10.2. The molecule has 0 amide bonds. The van der Waals surface area contributed by atoms with Gasteiger partial charge in [-0.3, -0.25) is 0 Å². The second-order valence-electron chi connectivity index (χ2n) is 26.7. The molecule has 0 radical (unpaired) electrons. The van der Waals surface area contributed by atoms with Gasteiger partial charge in [0, 0.05) is 169 Å². The Labute approximate surface area is 654 Å². The van der Waals surface area contributed by atoms with E-state index < -0.39 is 0 Å². The number of aliphatic hydroxyl groups is 4. The van der Waals surface area contributed by atoms with Crippen LogP contribution in [0.4, 0.5) is 114 Å². The highest BCUT2D eigenvalue weighted by Crippen LogP contribution is 2.30. The van der Waals surface area contributed by atoms with Crippen molar-refractivity contribution in [1.82, 2.24) is 0 Å². The van der Waals surface area contributed by atoms with Crippen molar-refractivity contribution in [3.63, 3.8) is 0 Å². The van der Waals surface area contributed by atoms with Crippen molar-refractivity contribution >= 4 is 114 Å².